The normalized spacial score (nSPS) is 20.5. The minimum Gasteiger partial charge on any atom is -0.416 e. The maximum absolute atomic E-state index is 12.7. The van der Waals surface area contributed by atoms with Crippen molar-refractivity contribution in [3.63, 3.8) is 0 Å². The van der Waals surface area contributed by atoms with Gasteiger partial charge in [0, 0.05) is 35.8 Å². The average Bonchev–Trinajstić information content (AvgIpc) is 3.25. The summed E-state index contributed by atoms with van der Waals surface area (Å²) in [7, 11) is 2.02. The number of rotatable bonds is 5. The minimum absolute atomic E-state index is 0.0603. The van der Waals surface area contributed by atoms with Crippen molar-refractivity contribution in [1.82, 2.24) is 10.2 Å². The molecule has 0 saturated heterocycles. The number of para-hydroxylation sites is 1. The zero-order valence-electron chi connectivity index (χ0n) is 16.8. The average molecular weight is 398 g/mol. The van der Waals surface area contributed by atoms with Crippen LogP contribution < -0.4 is 4.90 Å². The van der Waals surface area contributed by atoms with Gasteiger partial charge in [0.25, 0.3) is 5.22 Å². The van der Waals surface area contributed by atoms with Gasteiger partial charge in [-0.1, -0.05) is 63.1 Å². The van der Waals surface area contributed by atoms with Crippen LogP contribution in [0.3, 0.4) is 0 Å². The Morgan fingerprint density at radius 2 is 2.00 bits per heavy atom. The Labute approximate surface area is 170 Å². The van der Waals surface area contributed by atoms with Gasteiger partial charge in [-0.3, -0.25) is 4.79 Å². The van der Waals surface area contributed by atoms with Gasteiger partial charge >= 0.3 is 0 Å². The molecule has 28 heavy (non-hydrogen) atoms. The van der Waals surface area contributed by atoms with Crippen LogP contribution >= 0.6 is 11.8 Å². The molecule has 0 spiro atoms. The van der Waals surface area contributed by atoms with E-state index in [1.807, 2.05) is 13.1 Å². The zero-order chi connectivity index (χ0) is 19.7. The van der Waals surface area contributed by atoms with Gasteiger partial charge in [-0.15, -0.1) is 10.2 Å². The minimum atomic E-state index is -0.190. The molecule has 1 aromatic heterocycles. The number of likely N-dealkylation sites (N-methyl/N-ethyl adjacent to an activating group) is 1. The predicted octanol–water partition coefficient (Wildman–Crippen LogP) is 5.09. The summed E-state index contributed by atoms with van der Waals surface area (Å²) in [5.41, 5.74) is 3.24. The van der Waals surface area contributed by atoms with Crippen molar-refractivity contribution in [3.8, 4) is 0 Å². The second-order valence-electron chi connectivity index (χ2n) is 8.23. The van der Waals surface area contributed by atoms with Crippen molar-refractivity contribution in [2.24, 2.45) is 0 Å². The molecule has 0 N–H and O–H groups in total. The van der Waals surface area contributed by atoms with Crippen LogP contribution in [0, 0.1) is 0 Å². The molecule has 6 heteroatoms. The summed E-state index contributed by atoms with van der Waals surface area (Å²) in [4.78, 5) is 14.8. The Kier molecular flexibility index (Phi) is 5.32. The fourth-order valence-corrected chi connectivity index (χ4v) is 4.97. The number of nitrogens with zero attached hydrogens (tertiary/aromatic N) is 3. The highest BCUT2D eigenvalue weighted by Crippen LogP contribution is 2.46. The monoisotopic (exact) mass is 397 g/mol. The van der Waals surface area contributed by atoms with E-state index in [-0.39, 0.29) is 11.2 Å². The SMILES string of the molecule is CN1C(=CC(=O)CSc2nnc(C3CCCCC3)o2)C(C)(C)c2ccccc21. The first-order chi connectivity index (χ1) is 13.5. The second kappa shape index (κ2) is 7.74. The van der Waals surface area contributed by atoms with Gasteiger partial charge < -0.3 is 9.32 Å². The molecule has 1 fully saturated rings. The summed E-state index contributed by atoms with van der Waals surface area (Å²) in [6.07, 6.45) is 7.77. The zero-order valence-corrected chi connectivity index (χ0v) is 17.6. The van der Waals surface area contributed by atoms with E-state index in [1.165, 1.54) is 36.6 Å². The molecule has 1 aromatic carbocycles. The van der Waals surface area contributed by atoms with E-state index in [0.29, 0.717) is 16.9 Å². The number of ketones is 1. The Balaban J connectivity index is 1.42. The first-order valence-electron chi connectivity index (χ1n) is 10.0. The number of aromatic nitrogens is 2. The van der Waals surface area contributed by atoms with Gasteiger partial charge in [-0.2, -0.15) is 0 Å². The Morgan fingerprint density at radius 3 is 2.75 bits per heavy atom. The topological polar surface area (TPSA) is 59.2 Å². The number of benzene rings is 1. The van der Waals surface area contributed by atoms with Crippen LogP contribution in [0.4, 0.5) is 5.69 Å². The number of allylic oxidation sites excluding steroid dienone is 2. The second-order valence-corrected chi connectivity index (χ2v) is 9.15. The maximum atomic E-state index is 12.7. The molecule has 0 atom stereocenters. The van der Waals surface area contributed by atoms with Gasteiger partial charge in [0.2, 0.25) is 5.89 Å². The number of anilines is 1. The molecule has 0 radical (unpaired) electrons. The van der Waals surface area contributed by atoms with E-state index in [9.17, 15) is 4.79 Å². The summed E-state index contributed by atoms with van der Waals surface area (Å²) >= 11 is 1.33. The molecule has 0 unspecified atom stereocenters. The van der Waals surface area contributed by atoms with Crippen LogP contribution in [-0.2, 0) is 10.2 Å². The quantitative estimate of drug-likeness (QED) is 0.517. The summed E-state index contributed by atoms with van der Waals surface area (Å²) < 4.78 is 5.81. The van der Waals surface area contributed by atoms with Gasteiger partial charge in [0.15, 0.2) is 5.78 Å². The maximum Gasteiger partial charge on any atom is 0.277 e. The summed E-state index contributed by atoms with van der Waals surface area (Å²) in [6, 6.07) is 8.32. The molecule has 5 nitrogen and oxygen atoms in total. The molecule has 1 aliphatic carbocycles. The predicted molar refractivity (Wildman–Crippen MR) is 112 cm³/mol. The number of carbonyl (C=O) groups is 1. The van der Waals surface area contributed by atoms with Crippen molar-refractivity contribution in [2.45, 2.75) is 62.5 Å². The van der Waals surface area contributed by atoms with Crippen molar-refractivity contribution < 1.29 is 9.21 Å². The standard InChI is InChI=1S/C22H27N3O2S/c1-22(2)17-11-7-8-12-18(17)25(3)19(22)13-16(26)14-28-21-24-23-20(27-21)15-9-5-4-6-10-15/h7-8,11-13,15H,4-6,9-10,14H2,1-3H3. The highest BCUT2D eigenvalue weighted by molar-refractivity contribution is 7.99. The van der Waals surface area contributed by atoms with Crippen molar-refractivity contribution in [1.29, 1.82) is 0 Å². The van der Waals surface area contributed by atoms with Crippen LogP contribution in [0.25, 0.3) is 0 Å². The van der Waals surface area contributed by atoms with E-state index < -0.39 is 0 Å². The first kappa shape index (κ1) is 19.2. The fraction of sp³-hybridized carbons (Fsp3) is 0.500. The Bertz CT molecular complexity index is 897. The van der Waals surface area contributed by atoms with Crippen molar-refractivity contribution in [3.05, 3.63) is 47.5 Å². The largest absolute Gasteiger partial charge is 0.416 e. The lowest BCUT2D eigenvalue weighted by Crippen LogP contribution is -2.24. The molecule has 4 rings (SSSR count). The molecule has 2 heterocycles. The molecular formula is C22H27N3O2S. The summed E-state index contributed by atoms with van der Waals surface area (Å²) in [5, 5.41) is 8.84. The third-order valence-electron chi connectivity index (χ3n) is 5.95. The fourth-order valence-electron chi connectivity index (χ4n) is 4.38. The van der Waals surface area contributed by atoms with E-state index >= 15 is 0 Å². The third kappa shape index (κ3) is 3.62. The Morgan fingerprint density at radius 1 is 1.25 bits per heavy atom. The van der Waals surface area contributed by atoms with Crippen LogP contribution in [-0.4, -0.2) is 28.8 Å². The van der Waals surface area contributed by atoms with E-state index in [2.05, 4.69) is 47.1 Å². The van der Waals surface area contributed by atoms with Gasteiger partial charge in [0.1, 0.15) is 0 Å². The summed E-state index contributed by atoms with van der Waals surface area (Å²) in [5.74, 6) is 1.49. The lowest BCUT2D eigenvalue weighted by Gasteiger charge is -2.23. The molecular weight excluding hydrogens is 370 g/mol. The molecule has 2 aromatic rings. The van der Waals surface area contributed by atoms with Crippen LogP contribution in [0.5, 0.6) is 0 Å². The highest BCUT2D eigenvalue weighted by Gasteiger charge is 2.38. The van der Waals surface area contributed by atoms with Crippen LogP contribution in [0.2, 0.25) is 0 Å². The number of hydrogen-bond acceptors (Lipinski definition) is 6. The van der Waals surface area contributed by atoms with Crippen molar-refractivity contribution in [2.75, 3.05) is 17.7 Å². The summed E-state index contributed by atoms with van der Waals surface area (Å²) in [6.45, 7) is 4.33. The van der Waals surface area contributed by atoms with Crippen LogP contribution in [0.1, 0.15) is 63.3 Å². The molecule has 1 saturated carbocycles. The lowest BCUT2D eigenvalue weighted by atomic mass is 9.83. The van der Waals surface area contributed by atoms with Crippen molar-refractivity contribution >= 4 is 23.2 Å². The number of thioether (sulfide) groups is 1. The molecule has 2 aliphatic rings. The smallest absolute Gasteiger partial charge is 0.277 e. The van der Waals surface area contributed by atoms with Gasteiger partial charge in [-0.25, -0.2) is 0 Å². The molecule has 1 aliphatic heterocycles. The number of hydrogen-bond donors (Lipinski definition) is 0. The van der Waals surface area contributed by atoms with Gasteiger partial charge in [0.05, 0.1) is 5.75 Å². The van der Waals surface area contributed by atoms with E-state index in [0.717, 1.165) is 30.1 Å². The highest BCUT2D eigenvalue weighted by atomic mass is 32.2. The molecule has 0 bridgehead atoms. The lowest BCUT2D eigenvalue weighted by molar-refractivity contribution is -0.112. The first-order valence-corrected chi connectivity index (χ1v) is 11.0. The van der Waals surface area contributed by atoms with E-state index in [4.69, 9.17) is 4.42 Å². The third-order valence-corrected chi connectivity index (χ3v) is 6.79. The number of fused-ring (bicyclic) bond motifs is 1. The van der Waals surface area contributed by atoms with E-state index in [1.54, 1.807) is 6.08 Å². The molecule has 148 valence electrons. The van der Waals surface area contributed by atoms with Gasteiger partial charge in [-0.05, 0) is 24.5 Å². The number of carbonyl (C=O) groups excluding carboxylic acids is 1. The molecule has 0 amide bonds. The Hall–Kier alpha value is -2.08. The van der Waals surface area contributed by atoms with Crippen LogP contribution in [0.15, 0.2) is 45.7 Å².